The lowest BCUT2D eigenvalue weighted by Crippen LogP contribution is -2.55. The number of hydrogen-bond donors (Lipinski definition) is 2. The molecular weight excluding hydrogens is 312 g/mol. The molecular formula is C18H29ClN2O2. The predicted molar refractivity (Wildman–Crippen MR) is 95.8 cm³/mol. The Morgan fingerprint density at radius 1 is 1.26 bits per heavy atom. The van der Waals surface area contributed by atoms with Crippen LogP contribution >= 0.6 is 11.6 Å². The fraction of sp³-hybridized carbons (Fsp3) is 0.611. The Morgan fingerprint density at radius 2 is 1.91 bits per heavy atom. The first-order valence-electron chi connectivity index (χ1n) is 7.98. The lowest BCUT2D eigenvalue weighted by atomic mass is 9.88. The van der Waals surface area contributed by atoms with E-state index in [-0.39, 0.29) is 5.54 Å². The molecule has 2 N–H and O–H groups in total. The van der Waals surface area contributed by atoms with E-state index in [1.807, 2.05) is 45.0 Å². The number of rotatable bonds is 6. The van der Waals surface area contributed by atoms with E-state index in [1.54, 1.807) is 0 Å². The van der Waals surface area contributed by atoms with Crippen molar-refractivity contribution in [3.8, 4) is 0 Å². The van der Waals surface area contributed by atoms with Crippen molar-refractivity contribution in [3.63, 3.8) is 0 Å². The van der Waals surface area contributed by atoms with Gasteiger partial charge in [0.2, 0.25) is 0 Å². The van der Waals surface area contributed by atoms with Gasteiger partial charge in [-0.1, -0.05) is 37.6 Å². The topological polar surface area (TPSA) is 50.4 Å². The van der Waals surface area contributed by atoms with Gasteiger partial charge in [-0.3, -0.25) is 0 Å². The van der Waals surface area contributed by atoms with Gasteiger partial charge in [0.25, 0.3) is 0 Å². The van der Waals surface area contributed by atoms with Crippen molar-refractivity contribution < 1.29 is 9.53 Å². The van der Waals surface area contributed by atoms with Crippen LogP contribution in [-0.4, -0.2) is 23.8 Å². The summed E-state index contributed by atoms with van der Waals surface area (Å²) in [6.45, 7) is 13.1. The van der Waals surface area contributed by atoms with Crippen LogP contribution in [0.4, 0.5) is 4.79 Å². The molecule has 0 aromatic heterocycles. The number of nitrogens with one attached hydrogen (secondary N) is 2. The molecule has 4 nitrogen and oxygen atoms in total. The molecule has 1 rings (SSSR count). The van der Waals surface area contributed by atoms with E-state index < -0.39 is 11.7 Å². The molecule has 0 saturated heterocycles. The van der Waals surface area contributed by atoms with E-state index in [0.29, 0.717) is 19.0 Å². The highest BCUT2D eigenvalue weighted by Crippen LogP contribution is 2.18. The van der Waals surface area contributed by atoms with Crippen LogP contribution < -0.4 is 10.6 Å². The van der Waals surface area contributed by atoms with Gasteiger partial charge in [0.05, 0.1) is 0 Å². The van der Waals surface area contributed by atoms with Gasteiger partial charge in [-0.15, -0.1) is 0 Å². The molecule has 0 aliphatic rings. The zero-order chi connectivity index (χ0) is 17.7. The zero-order valence-electron chi connectivity index (χ0n) is 15.0. The number of ether oxygens (including phenoxy) is 1. The third kappa shape index (κ3) is 7.23. The molecule has 0 aliphatic carbocycles. The maximum absolute atomic E-state index is 11.9. The Morgan fingerprint density at radius 3 is 2.43 bits per heavy atom. The molecule has 0 bridgehead atoms. The summed E-state index contributed by atoms with van der Waals surface area (Å²) in [6.07, 6.45) is -0.395. The van der Waals surface area contributed by atoms with Gasteiger partial charge in [-0.2, -0.15) is 0 Å². The summed E-state index contributed by atoms with van der Waals surface area (Å²) in [5, 5.41) is 7.11. The van der Waals surface area contributed by atoms with Crippen LogP contribution in [0.25, 0.3) is 0 Å². The molecule has 0 heterocycles. The number of halogens is 1. The van der Waals surface area contributed by atoms with E-state index in [0.717, 1.165) is 10.6 Å². The highest BCUT2D eigenvalue weighted by molar-refractivity contribution is 6.30. The van der Waals surface area contributed by atoms with Crippen LogP contribution in [0.1, 0.15) is 47.1 Å². The maximum Gasteiger partial charge on any atom is 0.407 e. The van der Waals surface area contributed by atoms with Gasteiger partial charge in [-0.25, -0.2) is 4.79 Å². The van der Waals surface area contributed by atoms with Crippen LogP contribution in [-0.2, 0) is 11.3 Å². The number of benzene rings is 1. The number of alkyl carbamates (subject to hydrolysis) is 1. The van der Waals surface area contributed by atoms with E-state index in [2.05, 4.69) is 31.4 Å². The number of carbonyl (C=O) groups is 1. The molecule has 0 aliphatic heterocycles. The Balaban J connectivity index is 2.62. The minimum absolute atomic E-state index is 0.251. The average Bonchev–Trinajstić information content (AvgIpc) is 2.41. The monoisotopic (exact) mass is 340 g/mol. The minimum Gasteiger partial charge on any atom is -0.444 e. The number of carbonyl (C=O) groups excluding carboxylic acids is 1. The lowest BCUT2D eigenvalue weighted by Gasteiger charge is -2.35. The first kappa shape index (κ1) is 19.8. The summed E-state index contributed by atoms with van der Waals surface area (Å²) >= 11 is 6.02. The van der Waals surface area contributed by atoms with Gasteiger partial charge in [0.15, 0.2) is 0 Å². The normalized spacial score (nSPS) is 14.4. The number of hydrogen-bond acceptors (Lipinski definition) is 3. The standard InChI is InChI=1S/C18H29ClN2O2/c1-13(2)18(6,12-20-16(22)23-17(3,4)5)21-11-14-8-7-9-15(19)10-14/h7-10,13,21H,11-12H2,1-6H3,(H,20,22). The molecule has 1 unspecified atom stereocenters. The van der Waals surface area contributed by atoms with Gasteiger partial charge < -0.3 is 15.4 Å². The molecule has 1 aromatic rings. The summed E-state index contributed by atoms with van der Waals surface area (Å²) in [7, 11) is 0. The first-order valence-corrected chi connectivity index (χ1v) is 8.36. The van der Waals surface area contributed by atoms with Crippen molar-refractivity contribution in [2.75, 3.05) is 6.54 Å². The smallest absolute Gasteiger partial charge is 0.407 e. The molecule has 23 heavy (non-hydrogen) atoms. The van der Waals surface area contributed by atoms with Crippen LogP contribution in [0.15, 0.2) is 24.3 Å². The van der Waals surface area contributed by atoms with E-state index >= 15 is 0 Å². The Bertz CT molecular complexity index is 526. The second kappa shape index (κ2) is 8.02. The van der Waals surface area contributed by atoms with Crippen molar-refractivity contribution in [3.05, 3.63) is 34.9 Å². The highest BCUT2D eigenvalue weighted by Gasteiger charge is 2.29. The molecule has 1 amide bonds. The summed E-state index contributed by atoms with van der Waals surface area (Å²) in [5.74, 6) is 0.330. The summed E-state index contributed by atoms with van der Waals surface area (Å²) in [6, 6.07) is 7.76. The fourth-order valence-electron chi connectivity index (χ4n) is 1.99. The van der Waals surface area contributed by atoms with Crippen molar-refractivity contribution in [1.29, 1.82) is 0 Å². The van der Waals surface area contributed by atoms with Gasteiger partial charge >= 0.3 is 6.09 Å². The quantitative estimate of drug-likeness (QED) is 0.808. The molecule has 5 heteroatoms. The van der Waals surface area contributed by atoms with Crippen LogP contribution in [0, 0.1) is 5.92 Å². The van der Waals surface area contributed by atoms with Gasteiger partial charge in [-0.05, 0) is 51.3 Å². The molecule has 0 spiro atoms. The molecule has 0 radical (unpaired) electrons. The van der Waals surface area contributed by atoms with Crippen molar-refractivity contribution in [1.82, 2.24) is 10.6 Å². The second-order valence-electron chi connectivity index (χ2n) is 7.41. The molecule has 1 atom stereocenters. The largest absolute Gasteiger partial charge is 0.444 e. The van der Waals surface area contributed by atoms with Crippen molar-refractivity contribution >= 4 is 17.7 Å². The van der Waals surface area contributed by atoms with E-state index in [4.69, 9.17) is 16.3 Å². The predicted octanol–water partition coefficient (Wildman–Crippen LogP) is 4.37. The van der Waals surface area contributed by atoms with Crippen LogP contribution in [0.5, 0.6) is 0 Å². The Kier molecular flexibility index (Phi) is 6.90. The molecule has 130 valence electrons. The summed E-state index contributed by atoms with van der Waals surface area (Å²) in [4.78, 5) is 11.9. The van der Waals surface area contributed by atoms with Gasteiger partial charge in [0.1, 0.15) is 5.60 Å². The number of amides is 1. The minimum atomic E-state index is -0.494. The van der Waals surface area contributed by atoms with E-state index in [9.17, 15) is 4.79 Å². The van der Waals surface area contributed by atoms with Crippen molar-refractivity contribution in [2.45, 2.75) is 59.2 Å². The third-order valence-corrected chi connectivity index (χ3v) is 4.09. The Labute approximate surface area is 144 Å². The average molecular weight is 341 g/mol. The second-order valence-corrected chi connectivity index (χ2v) is 7.85. The first-order chi connectivity index (χ1) is 10.5. The summed E-state index contributed by atoms with van der Waals surface area (Å²) in [5.41, 5.74) is 0.368. The van der Waals surface area contributed by atoms with Crippen LogP contribution in [0.3, 0.4) is 0 Å². The van der Waals surface area contributed by atoms with Crippen molar-refractivity contribution in [2.24, 2.45) is 5.92 Å². The lowest BCUT2D eigenvalue weighted by molar-refractivity contribution is 0.0503. The summed E-state index contributed by atoms with van der Waals surface area (Å²) < 4.78 is 5.30. The maximum atomic E-state index is 11.9. The zero-order valence-corrected chi connectivity index (χ0v) is 15.8. The Hall–Kier alpha value is -1.26. The molecule has 1 aromatic carbocycles. The molecule has 0 saturated carbocycles. The highest BCUT2D eigenvalue weighted by atomic mass is 35.5. The van der Waals surface area contributed by atoms with Gasteiger partial charge in [0, 0.05) is 23.7 Å². The fourth-order valence-corrected chi connectivity index (χ4v) is 2.20. The van der Waals surface area contributed by atoms with E-state index in [1.165, 1.54) is 0 Å². The third-order valence-electron chi connectivity index (χ3n) is 3.86. The SMILES string of the molecule is CC(C)C(C)(CNC(=O)OC(C)(C)C)NCc1cccc(Cl)c1. The molecule has 0 fully saturated rings. The van der Waals surface area contributed by atoms with Crippen LogP contribution in [0.2, 0.25) is 5.02 Å².